The molecule has 0 radical (unpaired) electrons. The van der Waals surface area contributed by atoms with E-state index in [2.05, 4.69) is 21.2 Å². The van der Waals surface area contributed by atoms with E-state index in [0.717, 1.165) is 12.1 Å². The van der Waals surface area contributed by atoms with Gasteiger partial charge in [0.15, 0.2) is 0 Å². The first kappa shape index (κ1) is 16.3. The zero-order valence-electron chi connectivity index (χ0n) is 11.6. The number of carbonyl (C=O) groups excluding carboxylic acids is 1. The van der Waals surface area contributed by atoms with Crippen molar-refractivity contribution in [1.82, 2.24) is 5.32 Å². The Hall–Kier alpha value is -1.08. The Morgan fingerprint density at radius 3 is 2.67 bits per heavy atom. The van der Waals surface area contributed by atoms with Crippen LogP contribution in [0.25, 0.3) is 0 Å². The van der Waals surface area contributed by atoms with E-state index in [1.165, 1.54) is 6.07 Å². The van der Waals surface area contributed by atoms with E-state index < -0.39 is 23.2 Å². The summed E-state index contributed by atoms with van der Waals surface area (Å²) in [6, 6.07) is 3.02. The number of hydrogen-bond acceptors (Lipinski definition) is 2. The molecule has 1 N–H and O–H groups in total. The lowest BCUT2D eigenvalue weighted by Crippen LogP contribution is -2.50. The molecule has 1 amide bonds. The number of ether oxygens (including phenoxy) is 1. The van der Waals surface area contributed by atoms with Crippen molar-refractivity contribution in [1.29, 1.82) is 0 Å². The van der Waals surface area contributed by atoms with Crippen molar-refractivity contribution in [3.63, 3.8) is 0 Å². The molecule has 7 heteroatoms. The summed E-state index contributed by atoms with van der Waals surface area (Å²) in [7, 11) is 0. The van der Waals surface area contributed by atoms with Gasteiger partial charge in [-0.3, -0.25) is 4.79 Å². The molecule has 116 valence electrons. The highest BCUT2D eigenvalue weighted by Crippen LogP contribution is 2.32. The first-order valence-corrected chi connectivity index (χ1v) is 7.24. The normalized spacial score (nSPS) is 25.9. The Bertz CT molecular complexity index is 562. The summed E-state index contributed by atoms with van der Waals surface area (Å²) in [5.74, 6) is -0.548. The molecule has 0 aromatic heterocycles. The minimum Gasteiger partial charge on any atom is -0.376 e. The number of rotatable bonds is 2. The lowest BCUT2D eigenvalue weighted by molar-refractivity contribution is -0.137. The lowest BCUT2D eigenvalue weighted by atomic mass is 9.94. The number of benzene rings is 1. The van der Waals surface area contributed by atoms with Gasteiger partial charge in [-0.25, -0.2) is 0 Å². The van der Waals surface area contributed by atoms with Crippen molar-refractivity contribution in [3.8, 4) is 0 Å². The highest BCUT2D eigenvalue weighted by atomic mass is 79.9. The van der Waals surface area contributed by atoms with Crippen LogP contribution in [0, 0.1) is 0 Å². The zero-order valence-corrected chi connectivity index (χ0v) is 13.1. The van der Waals surface area contributed by atoms with Gasteiger partial charge in [-0.2, -0.15) is 13.2 Å². The smallest absolute Gasteiger partial charge is 0.376 e. The van der Waals surface area contributed by atoms with Crippen LogP contribution >= 0.6 is 15.9 Å². The highest BCUT2D eigenvalue weighted by molar-refractivity contribution is 9.10. The third-order valence-corrected chi connectivity index (χ3v) is 4.52. The second-order valence-electron chi connectivity index (χ2n) is 5.33. The van der Waals surface area contributed by atoms with Crippen LogP contribution in [-0.2, 0) is 10.9 Å². The van der Waals surface area contributed by atoms with E-state index in [0.29, 0.717) is 17.5 Å². The molecular formula is C14H15BrF3NO2. The van der Waals surface area contributed by atoms with Gasteiger partial charge in [0, 0.05) is 11.1 Å². The minimum absolute atomic E-state index is 0.0369. The molecule has 3 nitrogen and oxygen atoms in total. The largest absolute Gasteiger partial charge is 0.416 e. The topological polar surface area (TPSA) is 38.3 Å². The molecule has 1 saturated heterocycles. The van der Waals surface area contributed by atoms with Gasteiger partial charge < -0.3 is 10.1 Å². The molecule has 2 rings (SSSR count). The van der Waals surface area contributed by atoms with Gasteiger partial charge in [0.25, 0.3) is 5.91 Å². The van der Waals surface area contributed by atoms with Crippen LogP contribution < -0.4 is 5.32 Å². The molecule has 1 aromatic carbocycles. The van der Waals surface area contributed by atoms with Crippen molar-refractivity contribution in [3.05, 3.63) is 33.8 Å². The van der Waals surface area contributed by atoms with Gasteiger partial charge >= 0.3 is 6.18 Å². The van der Waals surface area contributed by atoms with Gasteiger partial charge in [0.2, 0.25) is 0 Å². The molecule has 1 aliphatic heterocycles. The van der Waals surface area contributed by atoms with E-state index in [1.807, 2.05) is 13.8 Å². The Balaban J connectivity index is 2.27. The van der Waals surface area contributed by atoms with Crippen molar-refractivity contribution < 1.29 is 22.7 Å². The molecule has 0 spiro atoms. The first-order chi connectivity index (χ1) is 9.63. The summed E-state index contributed by atoms with van der Waals surface area (Å²) in [6.07, 6.45) is -4.05. The van der Waals surface area contributed by atoms with E-state index >= 15 is 0 Å². The fourth-order valence-corrected chi connectivity index (χ4v) is 2.63. The van der Waals surface area contributed by atoms with E-state index in [4.69, 9.17) is 4.74 Å². The fraction of sp³-hybridized carbons (Fsp3) is 0.500. The second-order valence-corrected chi connectivity index (χ2v) is 6.18. The van der Waals surface area contributed by atoms with Crippen LogP contribution in [0.1, 0.15) is 36.2 Å². The zero-order chi connectivity index (χ0) is 15.8. The van der Waals surface area contributed by atoms with Gasteiger partial charge in [-0.15, -0.1) is 0 Å². The minimum atomic E-state index is -4.48. The number of carbonyl (C=O) groups is 1. The molecule has 2 atom stereocenters. The van der Waals surface area contributed by atoms with Gasteiger partial charge in [-0.1, -0.05) is 0 Å². The second kappa shape index (κ2) is 5.61. The van der Waals surface area contributed by atoms with Crippen LogP contribution in [0.2, 0.25) is 0 Å². The van der Waals surface area contributed by atoms with Crippen LogP contribution in [0.15, 0.2) is 22.7 Å². The molecular weight excluding hydrogens is 351 g/mol. The van der Waals surface area contributed by atoms with Crippen molar-refractivity contribution in [2.24, 2.45) is 0 Å². The van der Waals surface area contributed by atoms with Crippen LogP contribution in [-0.4, -0.2) is 24.2 Å². The molecule has 0 saturated carbocycles. The summed E-state index contributed by atoms with van der Waals surface area (Å²) in [6.45, 7) is 4.17. The maximum absolute atomic E-state index is 12.7. The molecule has 21 heavy (non-hydrogen) atoms. The third kappa shape index (κ3) is 3.40. The maximum atomic E-state index is 12.7. The summed E-state index contributed by atoms with van der Waals surface area (Å²) in [5.41, 5.74) is -1.47. The highest BCUT2D eigenvalue weighted by Gasteiger charge is 2.39. The average Bonchev–Trinajstić information content (AvgIpc) is 2.68. The van der Waals surface area contributed by atoms with Crippen LogP contribution in [0.5, 0.6) is 0 Å². The number of alkyl halides is 3. The molecule has 2 unspecified atom stereocenters. The van der Waals surface area contributed by atoms with Crippen LogP contribution in [0.3, 0.4) is 0 Å². The fourth-order valence-electron chi connectivity index (χ4n) is 2.20. The summed E-state index contributed by atoms with van der Waals surface area (Å²) < 4.78 is 43.9. The molecule has 1 heterocycles. The van der Waals surface area contributed by atoms with Gasteiger partial charge in [-0.05, 0) is 54.4 Å². The molecule has 1 aromatic rings. The molecule has 0 aliphatic carbocycles. The predicted molar refractivity (Wildman–Crippen MR) is 75.0 cm³/mol. The SMILES string of the molecule is CC1OCCC1(C)NC(=O)c1cc(C(F)(F)F)ccc1Br. The standard InChI is InChI=1S/C14H15BrF3NO2/c1-8-13(2,5-6-21-8)19-12(20)10-7-9(14(16,17)18)3-4-11(10)15/h3-4,7-8H,5-6H2,1-2H3,(H,19,20). The molecule has 1 fully saturated rings. The van der Waals surface area contributed by atoms with Gasteiger partial charge in [0.05, 0.1) is 22.8 Å². The first-order valence-electron chi connectivity index (χ1n) is 6.44. The van der Waals surface area contributed by atoms with Crippen molar-refractivity contribution in [2.75, 3.05) is 6.61 Å². The Labute approximate surface area is 129 Å². The number of amides is 1. The van der Waals surface area contributed by atoms with Crippen LogP contribution in [0.4, 0.5) is 13.2 Å². The molecule has 1 aliphatic rings. The number of hydrogen-bond donors (Lipinski definition) is 1. The van der Waals surface area contributed by atoms with E-state index in [9.17, 15) is 18.0 Å². The number of nitrogens with one attached hydrogen (secondary N) is 1. The Morgan fingerprint density at radius 2 is 2.14 bits per heavy atom. The third-order valence-electron chi connectivity index (χ3n) is 3.82. The quantitative estimate of drug-likeness (QED) is 0.866. The average molecular weight is 366 g/mol. The van der Waals surface area contributed by atoms with E-state index in [-0.39, 0.29) is 11.7 Å². The Kier molecular flexibility index (Phi) is 4.35. The van der Waals surface area contributed by atoms with Crippen molar-refractivity contribution in [2.45, 2.75) is 38.1 Å². The van der Waals surface area contributed by atoms with E-state index in [1.54, 1.807) is 0 Å². The monoisotopic (exact) mass is 365 g/mol. The molecule has 0 bridgehead atoms. The summed E-state index contributed by atoms with van der Waals surface area (Å²) in [5, 5.41) is 2.78. The summed E-state index contributed by atoms with van der Waals surface area (Å²) >= 11 is 3.12. The van der Waals surface area contributed by atoms with Gasteiger partial charge in [0.1, 0.15) is 0 Å². The maximum Gasteiger partial charge on any atom is 0.416 e. The Morgan fingerprint density at radius 1 is 1.48 bits per heavy atom. The predicted octanol–water partition coefficient (Wildman–Crippen LogP) is 3.77. The number of halogens is 4. The van der Waals surface area contributed by atoms with Crippen molar-refractivity contribution >= 4 is 21.8 Å². The summed E-state index contributed by atoms with van der Waals surface area (Å²) in [4.78, 5) is 12.3. The lowest BCUT2D eigenvalue weighted by Gasteiger charge is -2.29.